The Hall–Kier alpha value is -1.22. The van der Waals surface area contributed by atoms with Crippen LogP contribution in [0.5, 0.6) is 11.5 Å². The van der Waals surface area contributed by atoms with Crippen molar-refractivity contribution >= 4 is 0 Å². The lowest BCUT2D eigenvalue weighted by Crippen LogP contribution is -2.07. The summed E-state index contributed by atoms with van der Waals surface area (Å²) in [5.41, 5.74) is 0.623. The Morgan fingerprint density at radius 3 is 2.57 bits per heavy atom. The molecule has 1 aromatic carbocycles. The third-order valence-electron chi connectivity index (χ3n) is 1.72. The van der Waals surface area contributed by atoms with Crippen molar-refractivity contribution in [1.82, 2.24) is 0 Å². The molecule has 3 nitrogen and oxygen atoms in total. The zero-order chi connectivity index (χ0) is 10.6. The van der Waals surface area contributed by atoms with Crippen molar-refractivity contribution < 1.29 is 14.6 Å². The number of ether oxygens (including phenoxy) is 2. The summed E-state index contributed by atoms with van der Waals surface area (Å²) in [6.45, 7) is 4.89. The predicted molar refractivity (Wildman–Crippen MR) is 54.1 cm³/mol. The van der Waals surface area contributed by atoms with Crippen LogP contribution in [0.15, 0.2) is 18.2 Å². The third-order valence-corrected chi connectivity index (χ3v) is 1.72. The molecule has 77 valence electrons. The summed E-state index contributed by atoms with van der Waals surface area (Å²) in [5.74, 6) is 1.35. The Kier molecular flexibility index (Phi) is 3.77. The van der Waals surface area contributed by atoms with Gasteiger partial charge in [0.25, 0.3) is 0 Å². The average Bonchev–Trinajstić information content (AvgIpc) is 2.17. The number of aliphatic hydroxyl groups is 1. The van der Waals surface area contributed by atoms with Crippen molar-refractivity contribution in [3.63, 3.8) is 0 Å². The molecule has 0 aliphatic carbocycles. The first-order chi connectivity index (χ1) is 6.67. The van der Waals surface area contributed by atoms with Crippen molar-refractivity contribution in [2.24, 2.45) is 0 Å². The van der Waals surface area contributed by atoms with Gasteiger partial charge in [-0.2, -0.15) is 0 Å². The Morgan fingerprint density at radius 1 is 1.36 bits per heavy atom. The molecule has 0 bridgehead atoms. The largest absolute Gasteiger partial charge is 0.497 e. The van der Waals surface area contributed by atoms with Crippen LogP contribution < -0.4 is 9.47 Å². The van der Waals surface area contributed by atoms with Crippen molar-refractivity contribution in [2.45, 2.75) is 20.0 Å². The highest BCUT2D eigenvalue weighted by Gasteiger charge is 2.06. The molecular weight excluding hydrogens is 180 g/mol. The number of methoxy groups -OCH3 is 1. The molecule has 1 radical (unpaired) electrons. The molecule has 0 aromatic heterocycles. The van der Waals surface area contributed by atoms with E-state index >= 15 is 0 Å². The smallest absolute Gasteiger partial charge is 0.125 e. The SMILES string of the molecule is COc1ccc(OC(C)C)c([CH]O)c1. The molecule has 14 heavy (non-hydrogen) atoms. The minimum absolute atomic E-state index is 0.0853. The van der Waals surface area contributed by atoms with E-state index in [0.717, 1.165) is 6.61 Å². The topological polar surface area (TPSA) is 38.7 Å². The molecule has 0 heterocycles. The van der Waals surface area contributed by atoms with E-state index in [1.54, 1.807) is 25.3 Å². The minimum Gasteiger partial charge on any atom is -0.497 e. The van der Waals surface area contributed by atoms with Crippen LogP contribution in [0.3, 0.4) is 0 Å². The Bertz CT molecular complexity index is 295. The van der Waals surface area contributed by atoms with E-state index in [9.17, 15) is 0 Å². The molecule has 0 amide bonds. The minimum atomic E-state index is 0.0853. The summed E-state index contributed by atoms with van der Waals surface area (Å²) < 4.78 is 10.5. The maximum Gasteiger partial charge on any atom is 0.125 e. The first-order valence-corrected chi connectivity index (χ1v) is 4.49. The van der Waals surface area contributed by atoms with Crippen molar-refractivity contribution in [3.8, 4) is 11.5 Å². The fourth-order valence-electron chi connectivity index (χ4n) is 1.12. The summed E-state index contributed by atoms with van der Waals surface area (Å²) >= 11 is 0. The Morgan fingerprint density at radius 2 is 2.07 bits per heavy atom. The van der Waals surface area contributed by atoms with Gasteiger partial charge < -0.3 is 14.6 Å². The van der Waals surface area contributed by atoms with Crippen LogP contribution in [0, 0.1) is 6.61 Å². The van der Waals surface area contributed by atoms with Crippen LogP contribution in [0.1, 0.15) is 19.4 Å². The van der Waals surface area contributed by atoms with Gasteiger partial charge in [0.2, 0.25) is 0 Å². The number of hydrogen-bond donors (Lipinski definition) is 1. The van der Waals surface area contributed by atoms with Crippen LogP contribution >= 0.6 is 0 Å². The van der Waals surface area contributed by atoms with E-state index in [2.05, 4.69) is 0 Å². The highest BCUT2D eigenvalue weighted by atomic mass is 16.5. The highest BCUT2D eigenvalue weighted by Crippen LogP contribution is 2.25. The van der Waals surface area contributed by atoms with Crippen LogP contribution in [-0.2, 0) is 0 Å². The standard InChI is InChI=1S/C11H15O3/c1-8(2)14-11-5-4-10(13-3)6-9(11)7-12/h4-8,12H,1-3H3. The molecule has 0 saturated carbocycles. The first kappa shape index (κ1) is 10.9. The van der Waals surface area contributed by atoms with Gasteiger partial charge >= 0.3 is 0 Å². The molecular formula is C11H15O3. The summed E-state index contributed by atoms with van der Waals surface area (Å²) in [4.78, 5) is 0. The fourth-order valence-corrected chi connectivity index (χ4v) is 1.12. The number of rotatable bonds is 4. The fraction of sp³-hybridized carbons (Fsp3) is 0.364. The lowest BCUT2D eigenvalue weighted by molar-refractivity contribution is 0.238. The van der Waals surface area contributed by atoms with Gasteiger partial charge in [-0.15, -0.1) is 0 Å². The molecule has 0 saturated heterocycles. The maximum absolute atomic E-state index is 8.99. The maximum atomic E-state index is 8.99. The van der Waals surface area contributed by atoms with Gasteiger partial charge in [0, 0.05) is 5.56 Å². The van der Waals surface area contributed by atoms with Gasteiger partial charge in [-0.05, 0) is 32.0 Å². The molecule has 0 fully saturated rings. The van der Waals surface area contributed by atoms with Crippen LogP contribution in [0.4, 0.5) is 0 Å². The monoisotopic (exact) mass is 195 g/mol. The van der Waals surface area contributed by atoms with E-state index in [4.69, 9.17) is 14.6 Å². The molecule has 0 spiro atoms. The van der Waals surface area contributed by atoms with Crippen LogP contribution in [0.2, 0.25) is 0 Å². The lowest BCUT2D eigenvalue weighted by atomic mass is 10.2. The van der Waals surface area contributed by atoms with E-state index < -0.39 is 0 Å². The summed E-state index contributed by atoms with van der Waals surface area (Å²) in [7, 11) is 1.58. The quantitative estimate of drug-likeness (QED) is 0.801. The summed E-state index contributed by atoms with van der Waals surface area (Å²) in [6, 6.07) is 5.29. The van der Waals surface area contributed by atoms with Crippen molar-refractivity contribution in [3.05, 3.63) is 30.4 Å². The summed E-state index contributed by atoms with van der Waals surface area (Å²) in [5, 5.41) is 8.99. The van der Waals surface area contributed by atoms with Gasteiger partial charge in [-0.25, -0.2) is 0 Å². The molecule has 0 aliphatic heterocycles. The van der Waals surface area contributed by atoms with Crippen LogP contribution in [-0.4, -0.2) is 18.3 Å². The molecule has 0 aliphatic rings. The zero-order valence-electron chi connectivity index (χ0n) is 8.65. The lowest BCUT2D eigenvalue weighted by Gasteiger charge is -2.13. The molecule has 1 rings (SSSR count). The Balaban J connectivity index is 2.93. The Labute approximate surface area is 84.3 Å². The molecule has 1 N–H and O–H groups in total. The van der Waals surface area contributed by atoms with Gasteiger partial charge in [-0.3, -0.25) is 0 Å². The number of aliphatic hydroxyl groups excluding tert-OH is 1. The van der Waals surface area contributed by atoms with Gasteiger partial charge in [0.15, 0.2) is 0 Å². The van der Waals surface area contributed by atoms with E-state index in [1.165, 1.54) is 0 Å². The second-order valence-corrected chi connectivity index (χ2v) is 3.20. The normalized spacial score (nSPS) is 10.4. The second-order valence-electron chi connectivity index (χ2n) is 3.20. The van der Waals surface area contributed by atoms with Gasteiger partial charge in [0.05, 0.1) is 13.2 Å². The molecule has 0 unspecified atom stereocenters. The average molecular weight is 195 g/mol. The number of benzene rings is 1. The first-order valence-electron chi connectivity index (χ1n) is 4.49. The van der Waals surface area contributed by atoms with E-state index in [0.29, 0.717) is 17.1 Å². The third kappa shape index (κ3) is 2.64. The zero-order valence-corrected chi connectivity index (χ0v) is 8.65. The molecule has 3 heteroatoms. The van der Waals surface area contributed by atoms with E-state index in [1.807, 2.05) is 13.8 Å². The highest BCUT2D eigenvalue weighted by molar-refractivity contribution is 5.43. The van der Waals surface area contributed by atoms with Crippen molar-refractivity contribution in [1.29, 1.82) is 0 Å². The van der Waals surface area contributed by atoms with Crippen molar-refractivity contribution in [2.75, 3.05) is 7.11 Å². The molecule has 0 atom stereocenters. The second kappa shape index (κ2) is 4.86. The van der Waals surface area contributed by atoms with E-state index in [-0.39, 0.29) is 6.10 Å². The molecule has 1 aromatic rings. The number of hydrogen-bond acceptors (Lipinski definition) is 3. The van der Waals surface area contributed by atoms with Gasteiger partial charge in [0.1, 0.15) is 18.1 Å². The predicted octanol–water partition coefficient (Wildman–Crippen LogP) is 2.36. The van der Waals surface area contributed by atoms with Gasteiger partial charge in [-0.1, -0.05) is 0 Å². The summed E-state index contributed by atoms with van der Waals surface area (Å²) in [6.07, 6.45) is 0.0853. The van der Waals surface area contributed by atoms with Crippen LogP contribution in [0.25, 0.3) is 0 Å².